The van der Waals surface area contributed by atoms with Crippen LogP contribution in [0.15, 0.2) is 51.9 Å². The monoisotopic (exact) mass is 459 g/mol. The van der Waals surface area contributed by atoms with Gasteiger partial charge in [-0.25, -0.2) is 17.5 Å². The maximum atomic E-state index is 13.1. The van der Waals surface area contributed by atoms with Gasteiger partial charge in [0.15, 0.2) is 5.76 Å². The molecule has 0 spiro atoms. The van der Waals surface area contributed by atoms with Crippen molar-refractivity contribution in [2.45, 2.75) is 25.3 Å². The molecule has 2 aromatic carbocycles. The number of aromatic nitrogens is 1. The van der Waals surface area contributed by atoms with Gasteiger partial charge in [-0.2, -0.15) is 0 Å². The Morgan fingerprint density at radius 1 is 1.19 bits per heavy atom. The van der Waals surface area contributed by atoms with Crippen molar-refractivity contribution in [2.24, 2.45) is 0 Å². The molecule has 168 valence electrons. The second-order valence-corrected chi connectivity index (χ2v) is 8.62. The molecule has 1 aromatic heterocycles. The third-order valence-corrected chi connectivity index (χ3v) is 5.90. The number of ether oxygens (including phenoxy) is 1. The molecule has 0 aliphatic heterocycles. The highest BCUT2D eigenvalue weighted by Gasteiger charge is 2.20. The summed E-state index contributed by atoms with van der Waals surface area (Å²) in [7, 11) is -2.56. The maximum Gasteiger partial charge on any atom is 0.244 e. The molecule has 3 rings (SSSR count). The van der Waals surface area contributed by atoms with E-state index >= 15 is 0 Å². The van der Waals surface area contributed by atoms with E-state index in [4.69, 9.17) is 9.26 Å². The average Bonchev–Trinajstić information content (AvgIpc) is 3.10. The maximum absolute atomic E-state index is 13.1. The predicted molar refractivity (Wildman–Crippen MR) is 118 cm³/mol. The van der Waals surface area contributed by atoms with Crippen LogP contribution in [0.1, 0.15) is 29.5 Å². The molecular weight excluding hydrogens is 437 g/mol. The van der Waals surface area contributed by atoms with Gasteiger partial charge in [0.25, 0.3) is 0 Å². The first-order chi connectivity index (χ1) is 15.2. The second kappa shape index (κ2) is 9.75. The Kier molecular flexibility index (Phi) is 7.06. The second-order valence-electron chi connectivity index (χ2n) is 6.88. The highest BCUT2D eigenvalue weighted by atomic mass is 32.2. The van der Waals surface area contributed by atoms with Crippen LogP contribution in [0.2, 0.25) is 0 Å². The number of rotatable bonds is 8. The van der Waals surface area contributed by atoms with Gasteiger partial charge in [0.2, 0.25) is 15.9 Å². The van der Waals surface area contributed by atoms with Gasteiger partial charge in [-0.15, -0.1) is 0 Å². The van der Waals surface area contributed by atoms with Crippen LogP contribution >= 0.6 is 0 Å². The normalized spacial score (nSPS) is 11.6. The standard InChI is InChI=1S/C22H22FN3O5S/c1-14-22(25-15(2)27)20(31-26-14)11-7-16-6-10-19(30-3)21(12-16)32(28,29)24-13-17-4-8-18(23)9-5-17/h4-12,24H,13H2,1-3H3,(H,25,27). The SMILES string of the molecule is COc1ccc(C=Cc2onc(C)c2NC(C)=O)cc1S(=O)(=O)NCc1ccc(F)cc1. The first-order valence-electron chi connectivity index (χ1n) is 9.53. The molecular formula is C22H22FN3O5S. The molecule has 32 heavy (non-hydrogen) atoms. The summed E-state index contributed by atoms with van der Waals surface area (Å²) in [6.07, 6.45) is 3.21. The molecule has 3 aromatic rings. The van der Waals surface area contributed by atoms with Gasteiger partial charge < -0.3 is 14.6 Å². The summed E-state index contributed by atoms with van der Waals surface area (Å²) in [5, 5.41) is 6.49. The van der Waals surface area contributed by atoms with Crippen LogP contribution in [-0.2, 0) is 21.4 Å². The average molecular weight is 459 g/mol. The Bertz CT molecular complexity index is 1250. The summed E-state index contributed by atoms with van der Waals surface area (Å²) in [4.78, 5) is 11.3. The van der Waals surface area contributed by atoms with Crippen LogP contribution in [0.4, 0.5) is 10.1 Å². The fourth-order valence-electron chi connectivity index (χ4n) is 2.87. The number of carbonyl (C=O) groups is 1. The molecule has 0 fully saturated rings. The highest BCUT2D eigenvalue weighted by Crippen LogP contribution is 2.27. The molecule has 0 unspecified atom stereocenters. The van der Waals surface area contributed by atoms with Gasteiger partial charge in [-0.3, -0.25) is 4.79 Å². The lowest BCUT2D eigenvalue weighted by molar-refractivity contribution is -0.114. The Balaban J connectivity index is 1.86. The lowest BCUT2D eigenvalue weighted by Gasteiger charge is -2.12. The van der Waals surface area contributed by atoms with E-state index in [0.717, 1.165) is 0 Å². The number of carbonyl (C=O) groups excluding carboxylic acids is 1. The summed E-state index contributed by atoms with van der Waals surface area (Å²) >= 11 is 0. The molecule has 2 N–H and O–H groups in total. The van der Waals surface area contributed by atoms with Gasteiger partial charge in [-0.05, 0) is 48.4 Å². The lowest BCUT2D eigenvalue weighted by Crippen LogP contribution is -2.23. The first kappa shape index (κ1) is 23.2. The van der Waals surface area contributed by atoms with Crippen molar-refractivity contribution in [2.75, 3.05) is 12.4 Å². The zero-order valence-corrected chi connectivity index (χ0v) is 18.5. The molecule has 1 heterocycles. The number of hydrogen-bond acceptors (Lipinski definition) is 6. The van der Waals surface area contributed by atoms with E-state index in [9.17, 15) is 17.6 Å². The fraction of sp³-hybridized carbons (Fsp3) is 0.182. The number of amides is 1. The van der Waals surface area contributed by atoms with Crippen molar-refractivity contribution in [1.29, 1.82) is 0 Å². The number of nitrogens with zero attached hydrogens (tertiary/aromatic N) is 1. The molecule has 0 radical (unpaired) electrons. The number of aryl methyl sites for hydroxylation is 1. The number of sulfonamides is 1. The van der Waals surface area contributed by atoms with E-state index in [1.54, 1.807) is 25.1 Å². The largest absolute Gasteiger partial charge is 0.495 e. The molecule has 0 saturated heterocycles. The number of anilines is 1. The predicted octanol–water partition coefficient (Wildman–Crippen LogP) is 3.74. The van der Waals surface area contributed by atoms with Crippen molar-refractivity contribution in [3.8, 4) is 5.75 Å². The molecule has 0 bridgehead atoms. The minimum absolute atomic E-state index is 0.0107. The van der Waals surface area contributed by atoms with Crippen LogP contribution in [0, 0.1) is 12.7 Å². The van der Waals surface area contributed by atoms with Crippen LogP contribution in [-0.4, -0.2) is 26.6 Å². The minimum atomic E-state index is -3.93. The molecule has 0 aliphatic carbocycles. The third-order valence-electron chi connectivity index (χ3n) is 4.47. The molecule has 0 aliphatic rings. The van der Waals surface area contributed by atoms with Gasteiger partial charge in [0.05, 0.1) is 7.11 Å². The molecule has 0 atom stereocenters. The van der Waals surface area contributed by atoms with E-state index in [1.807, 2.05) is 0 Å². The summed E-state index contributed by atoms with van der Waals surface area (Å²) in [6.45, 7) is 3.06. The number of methoxy groups -OCH3 is 1. The van der Waals surface area contributed by atoms with Crippen LogP contribution in [0.3, 0.4) is 0 Å². The van der Waals surface area contributed by atoms with Crippen molar-refractivity contribution >= 4 is 33.8 Å². The number of nitrogens with one attached hydrogen (secondary N) is 2. The van der Waals surface area contributed by atoms with Crippen LogP contribution in [0.25, 0.3) is 12.2 Å². The number of halogens is 1. The van der Waals surface area contributed by atoms with Crippen molar-refractivity contribution in [3.05, 3.63) is 70.9 Å². The molecule has 1 amide bonds. The first-order valence-corrected chi connectivity index (χ1v) is 11.0. The van der Waals surface area contributed by atoms with E-state index in [-0.39, 0.29) is 23.1 Å². The highest BCUT2D eigenvalue weighted by molar-refractivity contribution is 7.89. The van der Waals surface area contributed by atoms with Crippen molar-refractivity contribution in [3.63, 3.8) is 0 Å². The zero-order chi connectivity index (χ0) is 23.3. The van der Waals surface area contributed by atoms with Gasteiger partial charge >= 0.3 is 0 Å². The summed E-state index contributed by atoms with van der Waals surface area (Å²) in [5.74, 6) is -0.173. The summed E-state index contributed by atoms with van der Waals surface area (Å²) in [6, 6.07) is 10.2. The minimum Gasteiger partial charge on any atom is -0.495 e. The number of hydrogen-bond donors (Lipinski definition) is 2. The van der Waals surface area contributed by atoms with Crippen LogP contribution in [0.5, 0.6) is 5.75 Å². The lowest BCUT2D eigenvalue weighted by atomic mass is 10.2. The summed E-state index contributed by atoms with van der Waals surface area (Å²) in [5.41, 5.74) is 2.12. The van der Waals surface area contributed by atoms with Crippen molar-refractivity contribution in [1.82, 2.24) is 9.88 Å². The fourth-order valence-corrected chi connectivity index (χ4v) is 4.09. The van der Waals surface area contributed by atoms with E-state index in [1.165, 1.54) is 50.4 Å². The third kappa shape index (κ3) is 5.59. The quantitative estimate of drug-likeness (QED) is 0.531. The Labute approximate surface area is 185 Å². The summed E-state index contributed by atoms with van der Waals surface area (Å²) < 4.78 is 51.8. The van der Waals surface area contributed by atoms with E-state index in [2.05, 4.69) is 15.2 Å². The van der Waals surface area contributed by atoms with E-state index < -0.39 is 15.8 Å². The topological polar surface area (TPSA) is 111 Å². The zero-order valence-electron chi connectivity index (χ0n) is 17.7. The van der Waals surface area contributed by atoms with Gasteiger partial charge in [-0.1, -0.05) is 29.4 Å². The van der Waals surface area contributed by atoms with Crippen LogP contribution < -0.4 is 14.8 Å². The Morgan fingerprint density at radius 2 is 1.91 bits per heavy atom. The Morgan fingerprint density at radius 3 is 2.56 bits per heavy atom. The number of benzene rings is 2. The van der Waals surface area contributed by atoms with Crippen molar-refractivity contribution < 1.29 is 26.9 Å². The molecule has 0 saturated carbocycles. The molecule has 8 nitrogen and oxygen atoms in total. The Hall–Kier alpha value is -3.50. The smallest absolute Gasteiger partial charge is 0.244 e. The van der Waals surface area contributed by atoms with Gasteiger partial charge in [0, 0.05) is 13.5 Å². The van der Waals surface area contributed by atoms with Gasteiger partial charge in [0.1, 0.15) is 27.8 Å². The molecule has 10 heteroatoms. The van der Waals surface area contributed by atoms with E-state index in [0.29, 0.717) is 28.3 Å².